The van der Waals surface area contributed by atoms with Crippen molar-refractivity contribution in [3.05, 3.63) is 95.5 Å². The lowest BCUT2D eigenvalue weighted by Crippen LogP contribution is -2.36. The van der Waals surface area contributed by atoms with E-state index in [2.05, 4.69) is 84.3 Å². The number of aromatic nitrogens is 4. The van der Waals surface area contributed by atoms with E-state index in [1.165, 1.54) is 5.56 Å². The zero-order valence-corrected chi connectivity index (χ0v) is 33.3. The molecule has 0 saturated carbocycles. The highest BCUT2D eigenvalue weighted by molar-refractivity contribution is 5.81. The van der Waals surface area contributed by atoms with Crippen LogP contribution in [0, 0.1) is 0 Å². The maximum Gasteiger partial charge on any atom is 0.410 e. The van der Waals surface area contributed by atoms with Crippen LogP contribution in [0.2, 0.25) is 0 Å². The first-order chi connectivity index (χ1) is 25.4. The van der Waals surface area contributed by atoms with Crippen molar-refractivity contribution in [3.8, 4) is 22.4 Å². The number of ether oxygens (including phenoxy) is 2. The van der Waals surface area contributed by atoms with Gasteiger partial charge in [-0.2, -0.15) is 0 Å². The monoisotopic (exact) mass is 732 g/mol. The molecular formula is C44H56N6O4. The van der Waals surface area contributed by atoms with Crippen LogP contribution in [-0.4, -0.2) is 66.2 Å². The van der Waals surface area contributed by atoms with Crippen LogP contribution in [0.15, 0.2) is 67.0 Å². The van der Waals surface area contributed by atoms with Gasteiger partial charge in [0.1, 0.15) is 22.9 Å². The Hall–Kier alpha value is -5.12. The second-order valence-corrected chi connectivity index (χ2v) is 17.4. The minimum atomic E-state index is -0.560. The fourth-order valence-electron chi connectivity index (χ4n) is 7.03. The SMILES string of the molecule is CC(C)(C)OC(=O)N1CCC[C@H]1c1ncc(C=CC=Cc2ccc(-c3cnc([C@@H]4CCCN4C(=O)OC(C)(C)C)[nH]3)cc2-c2cccc(C(C)(C)C)c2)[nH]1. The Morgan fingerprint density at radius 1 is 0.722 bits per heavy atom. The van der Waals surface area contributed by atoms with Crippen LogP contribution in [-0.2, 0) is 14.9 Å². The topological polar surface area (TPSA) is 116 Å². The molecule has 10 heteroatoms. The molecule has 2 aliphatic rings. The Bertz CT molecular complexity index is 2020. The second kappa shape index (κ2) is 15.3. The smallest absolute Gasteiger partial charge is 0.410 e. The fourth-order valence-corrected chi connectivity index (χ4v) is 7.03. The first kappa shape index (κ1) is 38.6. The van der Waals surface area contributed by atoms with Gasteiger partial charge in [-0.1, -0.05) is 75.4 Å². The van der Waals surface area contributed by atoms with Gasteiger partial charge in [-0.25, -0.2) is 19.6 Å². The quantitative estimate of drug-likeness (QED) is 0.183. The largest absolute Gasteiger partial charge is 0.444 e. The van der Waals surface area contributed by atoms with Gasteiger partial charge in [0.25, 0.3) is 0 Å². The lowest BCUT2D eigenvalue weighted by Gasteiger charge is -2.27. The number of H-pyrrole nitrogens is 2. The molecule has 2 aromatic carbocycles. The summed E-state index contributed by atoms with van der Waals surface area (Å²) in [4.78, 5) is 45.7. The third-order valence-electron chi connectivity index (χ3n) is 9.67. The van der Waals surface area contributed by atoms with Crippen LogP contribution < -0.4 is 0 Å². The summed E-state index contributed by atoms with van der Waals surface area (Å²) >= 11 is 0. The molecule has 0 radical (unpaired) electrons. The van der Waals surface area contributed by atoms with Gasteiger partial charge in [-0.05, 0) is 107 Å². The van der Waals surface area contributed by atoms with Gasteiger partial charge in [0, 0.05) is 18.7 Å². The van der Waals surface area contributed by atoms with Crippen LogP contribution in [0.25, 0.3) is 34.5 Å². The van der Waals surface area contributed by atoms with Crippen molar-refractivity contribution in [2.45, 2.75) is 117 Å². The molecule has 4 heterocycles. The zero-order chi connectivity index (χ0) is 38.8. The van der Waals surface area contributed by atoms with E-state index in [1.807, 2.05) is 66.0 Å². The predicted molar refractivity (Wildman–Crippen MR) is 215 cm³/mol. The maximum atomic E-state index is 13.0. The van der Waals surface area contributed by atoms with Crippen LogP contribution in [0.4, 0.5) is 9.59 Å². The molecule has 10 nitrogen and oxygen atoms in total. The molecular weight excluding hydrogens is 677 g/mol. The van der Waals surface area contributed by atoms with E-state index in [9.17, 15) is 9.59 Å². The summed E-state index contributed by atoms with van der Waals surface area (Å²) in [7, 11) is 0. The van der Waals surface area contributed by atoms with Gasteiger partial charge in [-0.3, -0.25) is 9.80 Å². The molecule has 2 aliphatic heterocycles. The average Bonchev–Trinajstić information content (AvgIpc) is 3.91. The molecule has 2 aromatic heterocycles. The first-order valence-electron chi connectivity index (χ1n) is 19.1. The number of allylic oxidation sites excluding steroid dienone is 2. The van der Waals surface area contributed by atoms with Crippen molar-refractivity contribution in [2.24, 2.45) is 0 Å². The van der Waals surface area contributed by atoms with Crippen molar-refractivity contribution >= 4 is 24.3 Å². The highest BCUT2D eigenvalue weighted by Gasteiger charge is 2.36. The van der Waals surface area contributed by atoms with Crippen molar-refractivity contribution in [1.82, 2.24) is 29.7 Å². The van der Waals surface area contributed by atoms with Crippen molar-refractivity contribution in [2.75, 3.05) is 13.1 Å². The normalized spacial score (nSPS) is 18.3. The Morgan fingerprint density at radius 3 is 1.93 bits per heavy atom. The molecule has 2 atom stereocenters. The molecule has 0 unspecified atom stereocenters. The van der Waals surface area contributed by atoms with E-state index in [1.54, 1.807) is 16.0 Å². The van der Waals surface area contributed by atoms with Gasteiger partial charge in [0.15, 0.2) is 0 Å². The number of hydrogen-bond donors (Lipinski definition) is 2. The molecule has 286 valence electrons. The summed E-state index contributed by atoms with van der Waals surface area (Å²) in [6.07, 6.45) is 14.7. The number of aromatic amines is 2. The summed E-state index contributed by atoms with van der Waals surface area (Å²) in [5, 5.41) is 0. The van der Waals surface area contributed by atoms with Crippen molar-refractivity contribution < 1.29 is 19.1 Å². The van der Waals surface area contributed by atoms with Gasteiger partial charge < -0.3 is 19.4 Å². The van der Waals surface area contributed by atoms with E-state index in [-0.39, 0.29) is 29.7 Å². The Labute approximate surface area is 320 Å². The molecule has 2 amide bonds. The van der Waals surface area contributed by atoms with Crippen LogP contribution in [0.3, 0.4) is 0 Å². The zero-order valence-electron chi connectivity index (χ0n) is 33.3. The Kier molecular flexibility index (Phi) is 11.0. The number of nitrogens with zero attached hydrogens (tertiary/aromatic N) is 4. The van der Waals surface area contributed by atoms with Gasteiger partial charge in [-0.15, -0.1) is 0 Å². The molecule has 0 bridgehead atoms. The molecule has 2 N–H and O–H groups in total. The number of benzene rings is 2. The summed E-state index contributed by atoms with van der Waals surface area (Å²) < 4.78 is 11.3. The predicted octanol–water partition coefficient (Wildman–Crippen LogP) is 10.6. The molecule has 2 fully saturated rings. The molecule has 2 saturated heterocycles. The van der Waals surface area contributed by atoms with Crippen LogP contribution in [0.5, 0.6) is 0 Å². The maximum absolute atomic E-state index is 13.0. The summed E-state index contributed by atoms with van der Waals surface area (Å²) in [6, 6.07) is 14.9. The van der Waals surface area contributed by atoms with Gasteiger partial charge >= 0.3 is 12.2 Å². The lowest BCUT2D eigenvalue weighted by molar-refractivity contribution is 0.0208. The average molecular weight is 733 g/mol. The van der Waals surface area contributed by atoms with Gasteiger partial charge in [0.2, 0.25) is 0 Å². The second-order valence-electron chi connectivity index (χ2n) is 17.4. The minimum Gasteiger partial charge on any atom is -0.444 e. The highest BCUT2D eigenvalue weighted by atomic mass is 16.6. The van der Waals surface area contributed by atoms with Crippen LogP contribution in [0.1, 0.15) is 129 Å². The van der Waals surface area contributed by atoms with Crippen LogP contribution >= 0.6 is 0 Å². The Morgan fingerprint density at radius 2 is 1.31 bits per heavy atom. The Balaban J connectivity index is 1.24. The number of amides is 2. The van der Waals surface area contributed by atoms with E-state index >= 15 is 0 Å². The van der Waals surface area contributed by atoms with Gasteiger partial charge in [0.05, 0.1) is 35.9 Å². The summed E-state index contributed by atoms with van der Waals surface area (Å²) in [5.41, 5.74) is 6.22. The number of nitrogens with one attached hydrogen (secondary N) is 2. The lowest BCUT2D eigenvalue weighted by atomic mass is 9.84. The molecule has 54 heavy (non-hydrogen) atoms. The first-order valence-corrected chi connectivity index (χ1v) is 19.1. The van der Waals surface area contributed by atoms with Crippen molar-refractivity contribution in [1.29, 1.82) is 0 Å². The standard InChI is InChI=1S/C44H56N6O4/c1-42(2,3)32-17-12-16-30(25-32)34-26-31(35-28-46-39(48-35)37-20-14-24-50(37)41(52)54-44(7,8)9)22-21-29(34)15-10-11-18-33-27-45-38(47-33)36-19-13-23-49(36)40(51)53-43(4,5)6/h10-12,15-18,21-22,25-28,36-37H,13-14,19-20,23-24H2,1-9H3,(H,45,47)(H,46,48)/t36-,37-/m0/s1. The minimum absolute atomic E-state index is 0.00269. The van der Waals surface area contributed by atoms with E-state index in [0.29, 0.717) is 13.1 Å². The summed E-state index contributed by atoms with van der Waals surface area (Å²) in [6.45, 7) is 19.3. The number of likely N-dealkylation sites (tertiary alicyclic amines) is 2. The number of hydrogen-bond acceptors (Lipinski definition) is 6. The van der Waals surface area contributed by atoms with Crippen molar-refractivity contribution in [3.63, 3.8) is 0 Å². The third kappa shape index (κ3) is 9.32. The molecule has 0 aliphatic carbocycles. The third-order valence-corrected chi connectivity index (χ3v) is 9.67. The molecule has 4 aromatic rings. The number of imidazole rings is 2. The van der Waals surface area contributed by atoms with E-state index in [4.69, 9.17) is 14.5 Å². The number of rotatable bonds is 7. The molecule has 6 rings (SSSR count). The highest BCUT2D eigenvalue weighted by Crippen LogP contribution is 2.36. The number of carbonyl (C=O) groups excluding carboxylic acids is 2. The molecule has 0 spiro atoms. The summed E-state index contributed by atoms with van der Waals surface area (Å²) in [5.74, 6) is 1.54. The van der Waals surface area contributed by atoms with E-state index < -0.39 is 11.2 Å². The number of carbonyl (C=O) groups is 2. The fraction of sp³-hybridized carbons (Fsp3) is 0.455. The van der Waals surface area contributed by atoms with E-state index in [0.717, 1.165) is 71.0 Å².